The van der Waals surface area contributed by atoms with E-state index in [1.807, 2.05) is 0 Å². The average Bonchev–Trinajstić information content (AvgIpc) is 2.85. The molecule has 5 nitrogen and oxygen atoms in total. The van der Waals surface area contributed by atoms with E-state index in [1.165, 1.54) is 13.3 Å². The molecule has 0 aliphatic heterocycles. The number of carbonyl (C=O) groups excluding carboxylic acids is 2. The number of hydrogen-bond donors (Lipinski definition) is 1. The molecule has 0 atom stereocenters. The predicted octanol–water partition coefficient (Wildman–Crippen LogP) is 2.93. The van der Waals surface area contributed by atoms with Crippen molar-refractivity contribution in [2.24, 2.45) is 0 Å². The molecule has 0 unspecified atom stereocenters. The third kappa shape index (κ3) is 2.84. The number of esters is 1. The van der Waals surface area contributed by atoms with Crippen LogP contribution in [0.15, 0.2) is 24.4 Å². The van der Waals surface area contributed by atoms with E-state index in [0.29, 0.717) is 5.56 Å². The summed E-state index contributed by atoms with van der Waals surface area (Å²) in [5.74, 6) is -0.886. The molecule has 0 spiro atoms. The van der Waals surface area contributed by atoms with Gasteiger partial charge in [-0.2, -0.15) is 5.10 Å². The number of benzene rings is 1. The Hall–Kier alpha value is -1.85. The molecule has 0 bridgehead atoms. The average molecular weight is 313 g/mol. The van der Waals surface area contributed by atoms with Crippen LogP contribution in [0, 0.1) is 0 Å². The fraction of sp³-hybridized carbons (Fsp3) is 0.154. The summed E-state index contributed by atoms with van der Waals surface area (Å²) in [6.07, 6.45) is 1.35. The molecule has 104 valence electrons. The molecular weight excluding hydrogens is 303 g/mol. The zero-order valence-electron chi connectivity index (χ0n) is 10.4. The van der Waals surface area contributed by atoms with Crippen LogP contribution in [0.3, 0.4) is 0 Å². The molecular formula is C13H10Cl2N2O3. The number of aromatic nitrogens is 2. The van der Waals surface area contributed by atoms with Gasteiger partial charge in [-0.1, -0.05) is 29.3 Å². The van der Waals surface area contributed by atoms with Gasteiger partial charge in [0.2, 0.25) is 0 Å². The number of nitrogens with zero attached hydrogens (tertiary/aromatic N) is 1. The fourth-order valence-corrected chi connectivity index (χ4v) is 2.36. The van der Waals surface area contributed by atoms with Gasteiger partial charge in [-0.3, -0.25) is 9.89 Å². The van der Waals surface area contributed by atoms with E-state index in [1.54, 1.807) is 18.2 Å². The number of halogens is 2. The Morgan fingerprint density at radius 2 is 1.95 bits per heavy atom. The molecule has 1 N–H and O–H groups in total. The van der Waals surface area contributed by atoms with Crippen molar-refractivity contribution in [3.8, 4) is 0 Å². The van der Waals surface area contributed by atoms with E-state index in [0.717, 1.165) is 0 Å². The standard InChI is InChI=1S/C13H10Cl2N2O3/c1-20-13(19)12-7(6-16-17-12)5-10(18)11-8(14)3-2-4-9(11)15/h2-4,6H,5H2,1H3,(H,16,17). The zero-order valence-corrected chi connectivity index (χ0v) is 12.0. The molecule has 0 aliphatic rings. The van der Waals surface area contributed by atoms with Crippen molar-refractivity contribution in [2.45, 2.75) is 6.42 Å². The maximum absolute atomic E-state index is 12.3. The molecule has 2 rings (SSSR count). The van der Waals surface area contributed by atoms with Crippen LogP contribution in [0.1, 0.15) is 26.4 Å². The molecule has 2 aromatic rings. The lowest BCUT2D eigenvalue weighted by atomic mass is 10.0. The van der Waals surface area contributed by atoms with Crippen molar-refractivity contribution in [3.05, 3.63) is 51.3 Å². The summed E-state index contributed by atoms with van der Waals surface area (Å²) >= 11 is 11.9. The van der Waals surface area contributed by atoms with Crippen LogP contribution < -0.4 is 0 Å². The Morgan fingerprint density at radius 1 is 1.30 bits per heavy atom. The van der Waals surface area contributed by atoms with Crippen LogP contribution in [-0.2, 0) is 11.2 Å². The van der Waals surface area contributed by atoms with Crippen molar-refractivity contribution >= 4 is 35.0 Å². The van der Waals surface area contributed by atoms with Gasteiger partial charge in [-0.15, -0.1) is 0 Å². The molecule has 1 heterocycles. The van der Waals surface area contributed by atoms with Gasteiger partial charge in [-0.25, -0.2) is 4.79 Å². The number of ketones is 1. The van der Waals surface area contributed by atoms with Gasteiger partial charge >= 0.3 is 5.97 Å². The van der Waals surface area contributed by atoms with E-state index >= 15 is 0 Å². The first-order valence-electron chi connectivity index (χ1n) is 5.62. The number of nitrogens with one attached hydrogen (secondary N) is 1. The van der Waals surface area contributed by atoms with Crippen molar-refractivity contribution < 1.29 is 14.3 Å². The summed E-state index contributed by atoms with van der Waals surface area (Å²) in [5.41, 5.74) is 0.801. The maximum Gasteiger partial charge on any atom is 0.356 e. The van der Waals surface area contributed by atoms with Crippen molar-refractivity contribution in [1.29, 1.82) is 0 Å². The summed E-state index contributed by atoms with van der Waals surface area (Å²) in [6, 6.07) is 4.81. The lowest BCUT2D eigenvalue weighted by Crippen LogP contribution is -2.10. The van der Waals surface area contributed by atoms with Crippen molar-refractivity contribution in [2.75, 3.05) is 7.11 Å². The van der Waals surface area contributed by atoms with Crippen LogP contribution in [0.25, 0.3) is 0 Å². The largest absolute Gasteiger partial charge is 0.464 e. The van der Waals surface area contributed by atoms with E-state index in [-0.39, 0.29) is 33.5 Å². The van der Waals surface area contributed by atoms with E-state index in [9.17, 15) is 9.59 Å². The Balaban J connectivity index is 2.29. The molecule has 20 heavy (non-hydrogen) atoms. The number of ether oxygens (including phenoxy) is 1. The van der Waals surface area contributed by atoms with Crippen LogP contribution in [-0.4, -0.2) is 29.1 Å². The molecule has 0 amide bonds. The predicted molar refractivity (Wildman–Crippen MR) is 74.4 cm³/mol. The molecule has 7 heteroatoms. The number of rotatable bonds is 4. The molecule has 0 aliphatic carbocycles. The van der Waals surface area contributed by atoms with Crippen LogP contribution in [0.4, 0.5) is 0 Å². The first-order chi connectivity index (χ1) is 9.54. The third-order valence-electron chi connectivity index (χ3n) is 2.70. The summed E-state index contributed by atoms with van der Waals surface area (Å²) < 4.78 is 4.60. The smallest absolute Gasteiger partial charge is 0.356 e. The molecule has 0 saturated carbocycles. The van der Waals surface area contributed by atoms with Gasteiger partial charge in [0.1, 0.15) is 5.69 Å². The highest BCUT2D eigenvalue weighted by Crippen LogP contribution is 2.26. The number of aromatic amines is 1. The van der Waals surface area contributed by atoms with Gasteiger partial charge in [0, 0.05) is 12.0 Å². The van der Waals surface area contributed by atoms with Gasteiger partial charge < -0.3 is 4.74 Å². The quantitative estimate of drug-likeness (QED) is 0.696. The number of H-pyrrole nitrogens is 1. The number of hydrogen-bond acceptors (Lipinski definition) is 4. The number of carbonyl (C=O) groups is 2. The lowest BCUT2D eigenvalue weighted by Gasteiger charge is -2.05. The van der Waals surface area contributed by atoms with Crippen molar-refractivity contribution in [3.63, 3.8) is 0 Å². The van der Waals surface area contributed by atoms with E-state index in [2.05, 4.69) is 14.9 Å². The summed E-state index contributed by atoms with van der Waals surface area (Å²) in [5, 5.41) is 6.78. The van der Waals surface area contributed by atoms with Gasteiger partial charge in [-0.05, 0) is 12.1 Å². The molecule has 0 saturated heterocycles. The lowest BCUT2D eigenvalue weighted by molar-refractivity contribution is 0.0593. The SMILES string of the molecule is COC(=O)c1[nH]ncc1CC(=O)c1c(Cl)cccc1Cl. The Labute approximate surface area is 124 Å². The van der Waals surface area contributed by atoms with Crippen LogP contribution in [0.5, 0.6) is 0 Å². The first kappa shape index (κ1) is 14.6. The zero-order chi connectivity index (χ0) is 14.7. The normalized spacial score (nSPS) is 10.3. The molecule has 1 aromatic carbocycles. The number of methoxy groups -OCH3 is 1. The van der Waals surface area contributed by atoms with Crippen LogP contribution in [0.2, 0.25) is 10.0 Å². The topological polar surface area (TPSA) is 72.1 Å². The maximum atomic E-state index is 12.3. The van der Waals surface area contributed by atoms with Crippen LogP contribution >= 0.6 is 23.2 Å². The minimum atomic E-state index is -0.587. The highest BCUT2D eigenvalue weighted by atomic mass is 35.5. The van der Waals surface area contributed by atoms with Gasteiger partial charge in [0.15, 0.2) is 5.78 Å². The summed E-state index contributed by atoms with van der Waals surface area (Å²) in [7, 11) is 1.25. The second-order valence-corrected chi connectivity index (χ2v) is 4.77. The van der Waals surface area contributed by atoms with Gasteiger partial charge in [0.25, 0.3) is 0 Å². The second kappa shape index (κ2) is 6.07. The highest BCUT2D eigenvalue weighted by Gasteiger charge is 2.20. The summed E-state index contributed by atoms with van der Waals surface area (Å²) in [6.45, 7) is 0. The van der Waals surface area contributed by atoms with E-state index in [4.69, 9.17) is 23.2 Å². The van der Waals surface area contributed by atoms with Crippen molar-refractivity contribution in [1.82, 2.24) is 10.2 Å². The molecule has 0 radical (unpaired) electrons. The molecule has 1 aromatic heterocycles. The van der Waals surface area contributed by atoms with Gasteiger partial charge in [0.05, 0.1) is 28.9 Å². The summed E-state index contributed by atoms with van der Waals surface area (Å²) in [4.78, 5) is 23.7. The Bertz CT molecular complexity index is 647. The molecule has 0 fully saturated rings. The first-order valence-corrected chi connectivity index (χ1v) is 6.38. The number of Topliss-reactive ketones (excluding diaryl/α,β-unsaturated/α-hetero) is 1. The minimum absolute atomic E-state index is 0.0512. The Morgan fingerprint density at radius 3 is 2.55 bits per heavy atom. The van der Waals surface area contributed by atoms with E-state index < -0.39 is 5.97 Å². The second-order valence-electron chi connectivity index (χ2n) is 3.96. The minimum Gasteiger partial charge on any atom is -0.464 e. The fourth-order valence-electron chi connectivity index (χ4n) is 1.75. The third-order valence-corrected chi connectivity index (χ3v) is 3.33. The highest BCUT2D eigenvalue weighted by molar-refractivity contribution is 6.39. The monoisotopic (exact) mass is 312 g/mol. The Kier molecular flexibility index (Phi) is 4.42.